The molecule has 0 radical (unpaired) electrons. The minimum Gasteiger partial charge on any atom is -0.741 e. The molecule has 0 spiro atoms. The van der Waals surface area contributed by atoms with Crippen LogP contribution in [0, 0.1) is 0 Å². The first-order chi connectivity index (χ1) is 18.1. The molecule has 3 rings (SSSR count). The molecule has 0 aromatic heterocycles. The van der Waals surface area contributed by atoms with Crippen molar-refractivity contribution in [2.75, 3.05) is 6.61 Å². The summed E-state index contributed by atoms with van der Waals surface area (Å²) in [5, 5.41) is 0. The van der Waals surface area contributed by atoms with Gasteiger partial charge in [0.25, 0.3) is 0 Å². The zero-order valence-corrected chi connectivity index (χ0v) is 23.2. The molecule has 0 bridgehead atoms. The molecule has 0 saturated heterocycles. The van der Waals surface area contributed by atoms with Gasteiger partial charge >= 0.3 is 5.51 Å². The van der Waals surface area contributed by atoms with Crippen LogP contribution in [0.4, 0.5) is 13.2 Å². The van der Waals surface area contributed by atoms with Crippen molar-refractivity contribution in [3.63, 3.8) is 0 Å². The maximum absolute atomic E-state index is 10.7. The monoisotopic (exact) mass is 568 g/mol. The second-order valence-corrected chi connectivity index (χ2v) is 12.0. The minimum absolute atomic E-state index is 0.0923. The first-order valence-electron chi connectivity index (χ1n) is 12.7. The molecule has 0 saturated carbocycles. The largest absolute Gasteiger partial charge is 0.741 e. The average Bonchev–Trinajstić information content (AvgIpc) is 2.89. The van der Waals surface area contributed by atoms with Crippen LogP contribution < -0.4 is 4.74 Å². The lowest BCUT2D eigenvalue weighted by Gasteiger charge is -2.09. The van der Waals surface area contributed by atoms with Gasteiger partial charge in [0.15, 0.2) is 24.8 Å². The fourth-order valence-corrected chi connectivity index (χ4v) is 5.70. The van der Waals surface area contributed by atoms with Crippen molar-refractivity contribution < 1.29 is 30.9 Å². The molecule has 0 amide bonds. The third kappa shape index (κ3) is 11.5. The molecule has 0 aliphatic heterocycles. The van der Waals surface area contributed by atoms with Crippen molar-refractivity contribution in [3.05, 3.63) is 84.9 Å². The van der Waals surface area contributed by atoms with Crippen LogP contribution in [0.3, 0.4) is 0 Å². The molecule has 9 heteroatoms. The number of unbranched alkanes of at least 4 members (excludes halogenated alkanes) is 7. The fraction of sp³-hybridized carbons (Fsp3) is 0.379. The van der Waals surface area contributed by atoms with Gasteiger partial charge in [-0.3, -0.25) is 0 Å². The predicted octanol–water partition coefficient (Wildman–Crippen LogP) is 8.35. The van der Waals surface area contributed by atoms with Gasteiger partial charge in [0.2, 0.25) is 0 Å². The Bertz CT molecular complexity index is 1100. The molecular weight excluding hydrogens is 533 g/mol. The summed E-state index contributed by atoms with van der Waals surface area (Å²) in [7, 11) is -6.18. The van der Waals surface area contributed by atoms with Gasteiger partial charge < -0.3 is 9.29 Å². The summed E-state index contributed by atoms with van der Waals surface area (Å²) in [6.45, 7) is 3.09. The Balaban J connectivity index is 0.000000550. The van der Waals surface area contributed by atoms with E-state index >= 15 is 0 Å². The summed E-state index contributed by atoms with van der Waals surface area (Å²) >= 11 is 0. The van der Waals surface area contributed by atoms with Gasteiger partial charge in [-0.05, 0) is 55.0 Å². The van der Waals surface area contributed by atoms with E-state index in [4.69, 9.17) is 17.7 Å². The normalized spacial score (nSPS) is 11.6. The molecule has 0 aliphatic rings. The summed E-state index contributed by atoms with van der Waals surface area (Å²) in [5.74, 6) is 0.978. The Morgan fingerprint density at radius 1 is 0.684 bits per heavy atom. The van der Waals surface area contributed by atoms with E-state index < -0.39 is 15.6 Å². The molecular formula is C29H35F3O4S2. The van der Waals surface area contributed by atoms with Gasteiger partial charge in [0, 0.05) is 0 Å². The Labute approximate surface area is 227 Å². The number of ether oxygens (including phenoxy) is 1. The molecule has 0 fully saturated rings. The topological polar surface area (TPSA) is 66.4 Å². The average molecular weight is 569 g/mol. The second kappa shape index (κ2) is 16.5. The van der Waals surface area contributed by atoms with Crippen LogP contribution in [-0.4, -0.2) is 25.1 Å². The van der Waals surface area contributed by atoms with Gasteiger partial charge in [-0.25, -0.2) is 8.42 Å². The van der Waals surface area contributed by atoms with E-state index in [0.29, 0.717) is 0 Å². The molecule has 38 heavy (non-hydrogen) atoms. The van der Waals surface area contributed by atoms with Gasteiger partial charge in [-0.1, -0.05) is 88.3 Å². The third-order valence-corrected chi connectivity index (χ3v) is 8.36. The number of rotatable bonds is 13. The highest BCUT2D eigenvalue weighted by Crippen LogP contribution is 2.32. The van der Waals surface area contributed by atoms with Crippen LogP contribution in [0.1, 0.15) is 58.3 Å². The quantitative estimate of drug-likeness (QED) is 0.0899. The maximum Gasteiger partial charge on any atom is 0.485 e. The van der Waals surface area contributed by atoms with Crippen LogP contribution >= 0.6 is 0 Å². The maximum atomic E-state index is 10.7. The zero-order chi connectivity index (χ0) is 27.9. The van der Waals surface area contributed by atoms with Gasteiger partial charge in [0.1, 0.15) is 5.75 Å². The number of hydrogen-bond donors (Lipinski definition) is 0. The van der Waals surface area contributed by atoms with Crippen LogP contribution in [0.2, 0.25) is 0 Å². The predicted molar refractivity (Wildman–Crippen MR) is 145 cm³/mol. The van der Waals surface area contributed by atoms with Crippen molar-refractivity contribution in [3.8, 4) is 5.75 Å². The smallest absolute Gasteiger partial charge is 0.485 e. The summed E-state index contributed by atoms with van der Waals surface area (Å²) in [6, 6.07) is 30.3. The van der Waals surface area contributed by atoms with Crippen molar-refractivity contribution in [1.29, 1.82) is 0 Å². The summed E-state index contributed by atoms with van der Waals surface area (Å²) in [5.41, 5.74) is -5.65. The molecule has 0 unspecified atom stereocenters. The third-order valence-electron chi connectivity index (χ3n) is 5.57. The summed E-state index contributed by atoms with van der Waals surface area (Å²) in [6.07, 6.45) is 10.6. The highest BCUT2D eigenvalue weighted by molar-refractivity contribution is 7.97. The molecule has 4 nitrogen and oxygen atoms in total. The number of benzene rings is 3. The first-order valence-corrected chi connectivity index (χ1v) is 15.4. The molecule has 3 aromatic carbocycles. The number of alkyl halides is 3. The molecule has 0 atom stereocenters. The van der Waals surface area contributed by atoms with E-state index in [2.05, 4.69) is 91.9 Å². The van der Waals surface area contributed by atoms with Crippen LogP contribution in [0.25, 0.3) is 0 Å². The highest BCUT2D eigenvalue weighted by Gasteiger charge is 2.37. The Hall–Kier alpha value is -2.49. The lowest BCUT2D eigenvalue weighted by Crippen LogP contribution is -2.21. The Morgan fingerprint density at radius 3 is 1.50 bits per heavy atom. The van der Waals surface area contributed by atoms with E-state index in [1.807, 2.05) is 0 Å². The minimum atomic E-state index is -6.09. The highest BCUT2D eigenvalue weighted by atomic mass is 32.2. The van der Waals surface area contributed by atoms with Crippen LogP contribution in [0.15, 0.2) is 99.6 Å². The molecule has 208 valence electrons. The Kier molecular flexibility index (Phi) is 13.7. The van der Waals surface area contributed by atoms with E-state index in [9.17, 15) is 13.2 Å². The van der Waals surface area contributed by atoms with Crippen molar-refractivity contribution in [2.45, 2.75) is 78.5 Å². The van der Waals surface area contributed by atoms with Crippen molar-refractivity contribution >= 4 is 21.0 Å². The lowest BCUT2D eigenvalue weighted by atomic mass is 10.1. The molecule has 0 aliphatic carbocycles. The van der Waals surface area contributed by atoms with Gasteiger partial charge in [-0.2, -0.15) is 13.2 Å². The summed E-state index contributed by atoms with van der Waals surface area (Å²) in [4.78, 5) is 4.01. The Morgan fingerprint density at radius 2 is 1.08 bits per heavy atom. The number of hydrogen-bond acceptors (Lipinski definition) is 4. The van der Waals surface area contributed by atoms with Crippen LogP contribution in [0.5, 0.6) is 5.75 Å². The van der Waals surface area contributed by atoms with Gasteiger partial charge in [0.05, 0.1) is 17.5 Å². The fourth-order valence-electron chi connectivity index (χ4n) is 3.62. The van der Waals surface area contributed by atoms with Crippen molar-refractivity contribution in [2.24, 2.45) is 0 Å². The van der Waals surface area contributed by atoms with E-state index in [1.54, 1.807) is 0 Å². The summed E-state index contributed by atoms with van der Waals surface area (Å²) < 4.78 is 64.9. The SMILES string of the molecule is CCCCCCCCCCOc1ccc([S+](c2ccccc2)c2ccccc2)cc1.O=S(=O)([O-])C(F)(F)F. The van der Waals surface area contributed by atoms with Gasteiger partial charge in [-0.15, -0.1) is 0 Å². The van der Waals surface area contributed by atoms with E-state index in [-0.39, 0.29) is 10.9 Å². The molecule has 0 heterocycles. The first kappa shape index (κ1) is 31.7. The van der Waals surface area contributed by atoms with E-state index in [1.165, 1.54) is 59.6 Å². The zero-order valence-electron chi connectivity index (χ0n) is 21.5. The number of halogens is 3. The lowest BCUT2D eigenvalue weighted by molar-refractivity contribution is -0.0517. The van der Waals surface area contributed by atoms with Crippen molar-refractivity contribution in [1.82, 2.24) is 0 Å². The molecule has 0 N–H and O–H groups in total. The van der Waals surface area contributed by atoms with E-state index in [0.717, 1.165) is 18.8 Å². The van der Waals surface area contributed by atoms with Crippen LogP contribution in [-0.2, 0) is 21.0 Å². The molecule has 3 aromatic rings. The second-order valence-electron chi connectivity index (χ2n) is 8.63. The standard InChI is InChI=1S/C28H35OS.CHF3O3S/c1-2-3-4-5-6-7-8-15-24-29-25-20-22-28(23-21-25)30(26-16-11-9-12-17-26)27-18-13-10-14-19-27;2-1(3,4)8(5,6)7/h9-14,16-23H,2-8,15,24H2,1H3;(H,5,6,7)/q+1;/p-1.